The van der Waals surface area contributed by atoms with Gasteiger partial charge in [0.05, 0.1) is 0 Å². The van der Waals surface area contributed by atoms with E-state index in [-0.39, 0.29) is 5.12 Å². The molecule has 0 heterocycles. The molecular formula is C12H10O2S. The molecule has 15 heavy (non-hydrogen) atoms. The van der Waals surface area contributed by atoms with Crippen LogP contribution in [-0.4, -0.2) is 16.8 Å². The Kier molecular flexibility index (Phi) is 3.04. The van der Waals surface area contributed by atoms with Gasteiger partial charge < -0.3 is 5.11 Å². The van der Waals surface area contributed by atoms with Crippen molar-refractivity contribution in [2.24, 2.45) is 0 Å². The molecule has 1 N–H and O–H groups in total. The van der Waals surface area contributed by atoms with Crippen LogP contribution in [-0.2, 0) is 4.79 Å². The van der Waals surface area contributed by atoms with Crippen molar-refractivity contribution in [2.75, 3.05) is 6.61 Å². The van der Waals surface area contributed by atoms with E-state index in [1.165, 1.54) is 0 Å². The summed E-state index contributed by atoms with van der Waals surface area (Å²) in [6.45, 7) is -0.423. The smallest absolute Gasteiger partial charge is 0.219 e. The van der Waals surface area contributed by atoms with Gasteiger partial charge in [-0.2, -0.15) is 0 Å². The third-order valence-corrected chi connectivity index (χ3v) is 3.04. The lowest BCUT2D eigenvalue weighted by atomic mass is 10.1. The van der Waals surface area contributed by atoms with Crippen LogP contribution < -0.4 is 0 Å². The van der Waals surface area contributed by atoms with Gasteiger partial charge in [0.25, 0.3) is 0 Å². The summed E-state index contributed by atoms with van der Waals surface area (Å²) >= 11 is 1.08. The number of benzene rings is 2. The number of fused-ring (bicyclic) bond motifs is 1. The Balaban J connectivity index is 2.46. The molecule has 76 valence electrons. The molecule has 2 aromatic rings. The molecular weight excluding hydrogens is 208 g/mol. The molecule has 0 bridgehead atoms. The number of thioether (sulfide) groups is 1. The number of hydrogen-bond acceptors (Lipinski definition) is 3. The second-order valence-corrected chi connectivity index (χ2v) is 4.21. The number of carbonyl (C=O) groups is 1. The van der Waals surface area contributed by atoms with Crippen LogP contribution in [0.5, 0.6) is 0 Å². The highest BCUT2D eigenvalue weighted by molar-refractivity contribution is 8.13. The third kappa shape index (κ3) is 2.19. The molecule has 0 aliphatic rings. The van der Waals surface area contributed by atoms with Crippen LogP contribution in [0.15, 0.2) is 47.4 Å². The molecule has 0 aliphatic heterocycles. The van der Waals surface area contributed by atoms with E-state index >= 15 is 0 Å². The fourth-order valence-electron chi connectivity index (χ4n) is 1.44. The Bertz CT molecular complexity index is 488. The van der Waals surface area contributed by atoms with E-state index in [1.807, 2.05) is 42.5 Å². The Morgan fingerprint density at radius 2 is 1.87 bits per heavy atom. The van der Waals surface area contributed by atoms with E-state index in [0.717, 1.165) is 27.4 Å². The van der Waals surface area contributed by atoms with Crippen LogP contribution in [0.25, 0.3) is 10.8 Å². The van der Waals surface area contributed by atoms with Crippen molar-refractivity contribution in [1.29, 1.82) is 0 Å². The molecule has 0 saturated carbocycles. The summed E-state index contributed by atoms with van der Waals surface area (Å²) in [4.78, 5) is 12.0. The first-order valence-corrected chi connectivity index (χ1v) is 5.42. The predicted molar refractivity (Wildman–Crippen MR) is 61.9 cm³/mol. The SMILES string of the molecule is O=C(CO)Sc1cccc2ccccc12. The van der Waals surface area contributed by atoms with E-state index in [9.17, 15) is 4.79 Å². The van der Waals surface area contributed by atoms with Crippen molar-refractivity contribution in [3.05, 3.63) is 42.5 Å². The molecule has 0 atom stereocenters. The van der Waals surface area contributed by atoms with E-state index in [0.29, 0.717) is 0 Å². The second-order valence-electron chi connectivity index (χ2n) is 3.11. The summed E-state index contributed by atoms with van der Waals surface area (Å²) in [5.74, 6) is 0. The number of aliphatic hydroxyl groups is 1. The number of rotatable bonds is 2. The molecule has 0 unspecified atom stereocenters. The molecule has 0 spiro atoms. The maximum Gasteiger partial charge on any atom is 0.219 e. The predicted octanol–water partition coefficient (Wildman–Crippen LogP) is 2.45. The maximum atomic E-state index is 11.1. The largest absolute Gasteiger partial charge is 0.388 e. The molecule has 3 heteroatoms. The molecule has 2 rings (SSSR count). The van der Waals surface area contributed by atoms with E-state index < -0.39 is 6.61 Å². The molecule has 0 aliphatic carbocycles. The molecule has 0 aromatic heterocycles. The highest BCUT2D eigenvalue weighted by Crippen LogP contribution is 2.27. The van der Waals surface area contributed by atoms with Gasteiger partial charge >= 0.3 is 0 Å². The number of hydrogen-bond donors (Lipinski definition) is 1. The molecule has 0 amide bonds. The van der Waals surface area contributed by atoms with Crippen LogP contribution in [0.3, 0.4) is 0 Å². The minimum Gasteiger partial charge on any atom is -0.388 e. The Hall–Kier alpha value is -1.32. The van der Waals surface area contributed by atoms with Gasteiger partial charge in [0.15, 0.2) is 0 Å². The van der Waals surface area contributed by atoms with Gasteiger partial charge in [0, 0.05) is 4.90 Å². The summed E-state index contributed by atoms with van der Waals surface area (Å²) in [5, 5.41) is 10.6. The van der Waals surface area contributed by atoms with Crippen molar-refractivity contribution in [3.8, 4) is 0 Å². The van der Waals surface area contributed by atoms with E-state index in [2.05, 4.69) is 0 Å². The molecule has 0 fully saturated rings. The van der Waals surface area contributed by atoms with Gasteiger partial charge in [-0.1, -0.05) is 36.4 Å². The fourth-order valence-corrected chi connectivity index (χ4v) is 2.19. The first kappa shape index (κ1) is 10.2. The van der Waals surface area contributed by atoms with Crippen molar-refractivity contribution in [2.45, 2.75) is 4.90 Å². The zero-order valence-electron chi connectivity index (χ0n) is 8.01. The molecule has 0 saturated heterocycles. The van der Waals surface area contributed by atoms with Gasteiger partial charge in [0.1, 0.15) is 6.61 Å². The van der Waals surface area contributed by atoms with Crippen LogP contribution in [0.4, 0.5) is 0 Å². The lowest BCUT2D eigenvalue weighted by Gasteiger charge is -2.03. The van der Waals surface area contributed by atoms with Crippen LogP contribution in [0, 0.1) is 0 Å². The normalized spacial score (nSPS) is 10.5. The highest BCUT2D eigenvalue weighted by Gasteiger charge is 2.05. The van der Waals surface area contributed by atoms with Gasteiger partial charge in [0.2, 0.25) is 5.12 Å². The summed E-state index contributed by atoms with van der Waals surface area (Å²) in [6.07, 6.45) is 0. The summed E-state index contributed by atoms with van der Waals surface area (Å²) < 4.78 is 0. The van der Waals surface area contributed by atoms with Crippen molar-refractivity contribution >= 4 is 27.6 Å². The van der Waals surface area contributed by atoms with Crippen molar-refractivity contribution in [3.63, 3.8) is 0 Å². The standard InChI is InChI=1S/C12H10O2S/c13-8-12(14)15-11-7-3-5-9-4-1-2-6-10(9)11/h1-7,13H,8H2. The summed E-state index contributed by atoms with van der Waals surface area (Å²) in [6, 6.07) is 13.7. The monoisotopic (exact) mass is 218 g/mol. The van der Waals surface area contributed by atoms with Crippen LogP contribution in [0.2, 0.25) is 0 Å². The minimum absolute atomic E-state index is 0.230. The van der Waals surface area contributed by atoms with Crippen molar-refractivity contribution in [1.82, 2.24) is 0 Å². The summed E-state index contributed by atoms with van der Waals surface area (Å²) in [7, 11) is 0. The first-order valence-electron chi connectivity index (χ1n) is 4.60. The molecule has 0 radical (unpaired) electrons. The summed E-state index contributed by atoms with van der Waals surface area (Å²) in [5.41, 5.74) is 0. The fraction of sp³-hybridized carbons (Fsp3) is 0.0833. The van der Waals surface area contributed by atoms with E-state index in [1.54, 1.807) is 0 Å². The Morgan fingerprint density at radius 3 is 2.67 bits per heavy atom. The Morgan fingerprint density at radius 1 is 1.13 bits per heavy atom. The zero-order valence-corrected chi connectivity index (χ0v) is 8.83. The second kappa shape index (κ2) is 4.47. The Labute approximate surface area is 91.9 Å². The molecule has 2 aromatic carbocycles. The number of aliphatic hydroxyl groups excluding tert-OH is 1. The zero-order chi connectivity index (χ0) is 10.7. The van der Waals surface area contributed by atoms with Gasteiger partial charge in [-0.05, 0) is 28.6 Å². The first-order chi connectivity index (χ1) is 7.31. The van der Waals surface area contributed by atoms with Crippen LogP contribution in [0.1, 0.15) is 0 Å². The minimum atomic E-state index is -0.423. The van der Waals surface area contributed by atoms with E-state index in [4.69, 9.17) is 5.11 Å². The van der Waals surface area contributed by atoms with Gasteiger partial charge in [-0.15, -0.1) is 0 Å². The highest BCUT2D eigenvalue weighted by atomic mass is 32.2. The topological polar surface area (TPSA) is 37.3 Å². The lowest BCUT2D eigenvalue weighted by Crippen LogP contribution is -1.96. The number of carbonyl (C=O) groups excluding carboxylic acids is 1. The molecule has 2 nitrogen and oxygen atoms in total. The lowest BCUT2D eigenvalue weighted by molar-refractivity contribution is -0.113. The maximum absolute atomic E-state index is 11.1. The van der Waals surface area contributed by atoms with Crippen molar-refractivity contribution < 1.29 is 9.90 Å². The average molecular weight is 218 g/mol. The van der Waals surface area contributed by atoms with Crippen LogP contribution >= 0.6 is 11.8 Å². The average Bonchev–Trinajstić information content (AvgIpc) is 2.29. The third-order valence-electron chi connectivity index (χ3n) is 2.10. The van der Waals surface area contributed by atoms with Gasteiger partial charge in [-0.25, -0.2) is 0 Å². The quantitative estimate of drug-likeness (QED) is 0.787. The van der Waals surface area contributed by atoms with Gasteiger partial charge in [-0.3, -0.25) is 4.79 Å².